The first-order chi connectivity index (χ1) is 11.0. The summed E-state index contributed by atoms with van der Waals surface area (Å²) in [6.07, 6.45) is 3.35. The molecule has 0 aromatic heterocycles. The highest BCUT2D eigenvalue weighted by Gasteiger charge is 2.20. The maximum Gasteiger partial charge on any atom is 0.345 e. The molecule has 0 spiro atoms. The molecule has 6 nitrogen and oxygen atoms in total. The van der Waals surface area contributed by atoms with E-state index in [1.165, 1.54) is 26.4 Å². The number of benzene rings is 1. The fraction of sp³-hybridized carbons (Fsp3) is 0.294. The second-order valence-corrected chi connectivity index (χ2v) is 4.49. The molecular formula is C17H20O6. The number of phenols is 1. The molecule has 0 fully saturated rings. The molecule has 1 aromatic rings. The minimum atomic E-state index is -0.812. The summed E-state index contributed by atoms with van der Waals surface area (Å²) >= 11 is 0. The minimum absolute atomic E-state index is 0.00147. The standard InChI is InChI=1S/C17H20O6/c1-5-7-12-8-11(10-14(15(12)18)23-6-2)9-13(16(19)21-3)17(20)22-4/h5,8-10,18H,1,6-7H2,2-4H3. The second-order valence-electron chi connectivity index (χ2n) is 4.49. The number of ether oxygens (including phenoxy) is 3. The average Bonchev–Trinajstić information content (AvgIpc) is 2.55. The number of hydrogen-bond acceptors (Lipinski definition) is 6. The van der Waals surface area contributed by atoms with Crippen molar-refractivity contribution in [1.82, 2.24) is 0 Å². The predicted molar refractivity (Wildman–Crippen MR) is 85.2 cm³/mol. The number of rotatable bonds is 7. The van der Waals surface area contributed by atoms with Gasteiger partial charge in [0.05, 0.1) is 20.8 Å². The molecular weight excluding hydrogens is 300 g/mol. The lowest BCUT2D eigenvalue weighted by Gasteiger charge is -2.11. The van der Waals surface area contributed by atoms with Gasteiger partial charge in [-0.2, -0.15) is 0 Å². The Morgan fingerprint density at radius 2 is 1.83 bits per heavy atom. The highest BCUT2D eigenvalue weighted by Crippen LogP contribution is 2.33. The molecule has 0 saturated carbocycles. The lowest BCUT2D eigenvalue weighted by molar-refractivity contribution is -0.143. The van der Waals surface area contributed by atoms with E-state index in [0.717, 1.165) is 0 Å². The number of carbonyl (C=O) groups is 2. The first-order valence-electron chi connectivity index (χ1n) is 6.96. The summed E-state index contributed by atoms with van der Waals surface area (Å²) in [6, 6.07) is 3.16. The van der Waals surface area contributed by atoms with Crippen LogP contribution < -0.4 is 4.74 Å². The summed E-state index contributed by atoms with van der Waals surface area (Å²) in [5.41, 5.74) is 0.799. The molecule has 0 aliphatic rings. The number of esters is 2. The highest BCUT2D eigenvalue weighted by atomic mass is 16.5. The molecule has 0 aliphatic carbocycles. The maximum atomic E-state index is 11.7. The van der Waals surface area contributed by atoms with Gasteiger partial charge in [0.1, 0.15) is 5.57 Å². The van der Waals surface area contributed by atoms with Crippen molar-refractivity contribution in [2.24, 2.45) is 0 Å². The number of methoxy groups -OCH3 is 2. The Kier molecular flexibility index (Phi) is 6.86. The van der Waals surface area contributed by atoms with E-state index in [4.69, 9.17) is 4.74 Å². The average molecular weight is 320 g/mol. The summed E-state index contributed by atoms with van der Waals surface area (Å²) in [7, 11) is 2.34. The smallest absolute Gasteiger partial charge is 0.345 e. The Balaban J connectivity index is 3.43. The Hall–Kier alpha value is -2.76. The van der Waals surface area contributed by atoms with Crippen molar-refractivity contribution < 1.29 is 28.9 Å². The number of carbonyl (C=O) groups excluding carboxylic acids is 2. The zero-order valence-electron chi connectivity index (χ0n) is 13.4. The van der Waals surface area contributed by atoms with Gasteiger partial charge in [0.25, 0.3) is 0 Å². The quantitative estimate of drug-likeness (QED) is 0.273. The van der Waals surface area contributed by atoms with E-state index in [1.54, 1.807) is 19.1 Å². The van der Waals surface area contributed by atoms with E-state index in [2.05, 4.69) is 16.1 Å². The molecule has 0 radical (unpaired) electrons. The van der Waals surface area contributed by atoms with Crippen molar-refractivity contribution >= 4 is 18.0 Å². The topological polar surface area (TPSA) is 82.1 Å². The molecule has 0 aliphatic heterocycles. The van der Waals surface area contributed by atoms with Crippen LogP contribution in [-0.4, -0.2) is 37.9 Å². The largest absolute Gasteiger partial charge is 0.504 e. The lowest BCUT2D eigenvalue weighted by atomic mass is 10.0. The van der Waals surface area contributed by atoms with E-state index >= 15 is 0 Å². The van der Waals surface area contributed by atoms with E-state index in [0.29, 0.717) is 24.2 Å². The summed E-state index contributed by atoms with van der Waals surface area (Å²) in [5.74, 6) is -1.37. The van der Waals surface area contributed by atoms with Gasteiger partial charge in [0.15, 0.2) is 11.5 Å². The first kappa shape index (κ1) is 18.3. The first-order valence-corrected chi connectivity index (χ1v) is 6.96. The van der Waals surface area contributed by atoms with Crippen molar-refractivity contribution in [2.75, 3.05) is 20.8 Å². The zero-order chi connectivity index (χ0) is 17.4. The fourth-order valence-corrected chi connectivity index (χ4v) is 1.94. The van der Waals surface area contributed by atoms with Gasteiger partial charge in [0, 0.05) is 5.56 Å². The summed E-state index contributed by atoms with van der Waals surface area (Å²) < 4.78 is 14.5. The molecule has 0 atom stereocenters. The monoisotopic (exact) mass is 320 g/mol. The molecule has 0 saturated heterocycles. The highest BCUT2D eigenvalue weighted by molar-refractivity contribution is 6.17. The molecule has 23 heavy (non-hydrogen) atoms. The van der Waals surface area contributed by atoms with Crippen LogP contribution in [0.4, 0.5) is 0 Å². The van der Waals surface area contributed by atoms with Crippen molar-refractivity contribution in [2.45, 2.75) is 13.3 Å². The van der Waals surface area contributed by atoms with E-state index in [9.17, 15) is 14.7 Å². The second kappa shape index (κ2) is 8.63. The number of hydrogen-bond donors (Lipinski definition) is 1. The molecule has 124 valence electrons. The van der Waals surface area contributed by atoms with Crippen LogP contribution in [0.1, 0.15) is 18.1 Å². The van der Waals surface area contributed by atoms with Crippen LogP contribution in [0.5, 0.6) is 11.5 Å². The van der Waals surface area contributed by atoms with Crippen LogP contribution in [0.2, 0.25) is 0 Å². The van der Waals surface area contributed by atoms with E-state index in [1.807, 2.05) is 0 Å². The molecule has 0 heterocycles. The Labute approximate surface area is 135 Å². The predicted octanol–water partition coefficient (Wildman–Crippen LogP) is 2.25. The molecule has 1 rings (SSSR count). The van der Waals surface area contributed by atoms with Gasteiger partial charge >= 0.3 is 11.9 Å². The summed E-state index contributed by atoms with van der Waals surface area (Å²) in [6.45, 7) is 5.77. The van der Waals surface area contributed by atoms with E-state index in [-0.39, 0.29) is 17.1 Å². The number of allylic oxidation sites excluding steroid dienone is 1. The van der Waals surface area contributed by atoms with Crippen LogP contribution in [-0.2, 0) is 25.5 Å². The third-order valence-electron chi connectivity index (χ3n) is 2.96. The van der Waals surface area contributed by atoms with Crippen molar-refractivity contribution in [3.63, 3.8) is 0 Å². The van der Waals surface area contributed by atoms with Crippen LogP contribution in [0.15, 0.2) is 30.4 Å². The maximum absolute atomic E-state index is 11.7. The van der Waals surface area contributed by atoms with Crippen LogP contribution >= 0.6 is 0 Å². The Morgan fingerprint density at radius 3 is 2.30 bits per heavy atom. The van der Waals surface area contributed by atoms with Crippen molar-refractivity contribution in [3.8, 4) is 11.5 Å². The molecule has 6 heteroatoms. The molecule has 0 unspecified atom stereocenters. The third kappa shape index (κ3) is 4.60. The van der Waals surface area contributed by atoms with Crippen LogP contribution in [0.3, 0.4) is 0 Å². The Morgan fingerprint density at radius 1 is 1.22 bits per heavy atom. The van der Waals surface area contributed by atoms with Gasteiger partial charge in [-0.1, -0.05) is 6.08 Å². The van der Waals surface area contributed by atoms with Gasteiger partial charge in [-0.25, -0.2) is 9.59 Å². The van der Waals surface area contributed by atoms with Gasteiger partial charge in [0.2, 0.25) is 0 Å². The van der Waals surface area contributed by atoms with E-state index < -0.39 is 11.9 Å². The van der Waals surface area contributed by atoms with Gasteiger partial charge in [-0.05, 0) is 37.1 Å². The SMILES string of the molecule is C=CCc1cc(C=C(C(=O)OC)C(=O)OC)cc(OCC)c1O. The summed E-state index contributed by atoms with van der Waals surface area (Å²) in [5, 5.41) is 10.1. The van der Waals surface area contributed by atoms with Crippen LogP contribution in [0.25, 0.3) is 6.08 Å². The van der Waals surface area contributed by atoms with Gasteiger partial charge in [-0.15, -0.1) is 6.58 Å². The summed E-state index contributed by atoms with van der Waals surface area (Å²) in [4.78, 5) is 23.4. The zero-order valence-corrected chi connectivity index (χ0v) is 13.4. The fourth-order valence-electron chi connectivity index (χ4n) is 1.94. The lowest BCUT2D eigenvalue weighted by Crippen LogP contribution is -2.15. The number of aromatic hydroxyl groups is 1. The number of phenolic OH excluding ortho intramolecular Hbond substituents is 1. The molecule has 1 aromatic carbocycles. The van der Waals surface area contributed by atoms with Gasteiger partial charge in [-0.3, -0.25) is 0 Å². The van der Waals surface area contributed by atoms with Crippen molar-refractivity contribution in [3.05, 3.63) is 41.5 Å². The van der Waals surface area contributed by atoms with Crippen LogP contribution in [0, 0.1) is 0 Å². The van der Waals surface area contributed by atoms with Gasteiger partial charge < -0.3 is 19.3 Å². The normalized spacial score (nSPS) is 9.70. The molecule has 0 bridgehead atoms. The molecule has 0 amide bonds. The van der Waals surface area contributed by atoms with Crippen molar-refractivity contribution in [1.29, 1.82) is 0 Å². The Bertz CT molecular complexity index is 612. The third-order valence-corrected chi connectivity index (χ3v) is 2.96. The molecule has 1 N–H and O–H groups in total. The minimum Gasteiger partial charge on any atom is -0.504 e.